The number of carbonyl (C=O) groups excluding carboxylic acids is 1. The summed E-state index contributed by atoms with van der Waals surface area (Å²) < 4.78 is 0.739. The van der Waals surface area contributed by atoms with Gasteiger partial charge in [-0.25, -0.2) is 0 Å². The van der Waals surface area contributed by atoms with E-state index in [2.05, 4.69) is 42.0 Å². The van der Waals surface area contributed by atoms with Crippen LogP contribution < -0.4 is 10.6 Å². The fourth-order valence-corrected chi connectivity index (χ4v) is 2.15. The van der Waals surface area contributed by atoms with Crippen LogP contribution in [0.4, 0.5) is 5.95 Å². The van der Waals surface area contributed by atoms with E-state index in [-0.39, 0.29) is 11.1 Å². The zero-order valence-electron chi connectivity index (χ0n) is 10.8. The zero-order valence-corrected chi connectivity index (χ0v) is 14.0. The Bertz CT molecular complexity index is 691. The molecule has 7 nitrogen and oxygen atoms in total. The average molecular weight is 390 g/mol. The lowest BCUT2D eigenvalue weighted by Crippen LogP contribution is -2.34. The van der Waals surface area contributed by atoms with E-state index in [1.807, 2.05) is 6.92 Å². The number of hydrogen-bond acceptors (Lipinski definition) is 5. The summed E-state index contributed by atoms with van der Waals surface area (Å²) in [5.41, 5.74) is 0.306. The van der Waals surface area contributed by atoms with Gasteiger partial charge >= 0.3 is 0 Å². The number of nitrogens with zero attached hydrogens (tertiary/aromatic N) is 4. The molecule has 21 heavy (non-hydrogen) atoms. The first-order chi connectivity index (χ1) is 9.99. The van der Waals surface area contributed by atoms with Gasteiger partial charge in [0, 0.05) is 4.47 Å². The van der Waals surface area contributed by atoms with Gasteiger partial charge < -0.3 is 0 Å². The fraction of sp³-hybridized carbons (Fsp3) is 0.182. The maximum atomic E-state index is 12.1. The van der Waals surface area contributed by atoms with Crippen LogP contribution in [0, 0.1) is 0 Å². The molecule has 110 valence electrons. The smallest absolute Gasteiger partial charge is 0.269 e. The lowest BCUT2D eigenvalue weighted by Gasteiger charge is -2.08. The van der Waals surface area contributed by atoms with Crippen molar-refractivity contribution in [2.45, 2.75) is 13.5 Å². The summed E-state index contributed by atoms with van der Waals surface area (Å²) in [4.78, 5) is 13.5. The zero-order chi connectivity index (χ0) is 15.4. The molecular formula is C11H10BrClN6OS. The second-order valence-electron chi connectivity index (χ2n) is 3.83. The van der Waals surface area contributed by atoms with E-state index in [0.29, 0.717) is 17.1 Å². The normalized spacial score (nSPS) is 10.2. The number of tetrazole rings is 1. The van der Waals surface area contributed by atoms with Gasteiger partial charge in [-0.1, -0.05) is 32.6 Å². The molecule has 0 radical (unpaired) electrons. The minimum Gasteiger partial charge on any atom is -0.299 e. The molecule has 0 aliphatic rings. The van der Waals surface area contributed by atoms with Crippen LogP contribution >= 0.6 is 39.7 Å². The minimum absolute atomic E-state index is 0.0618. The number of nitrogens with one attached hydrogen (secondary N) is 2. The quantitative estimate of drug-likeness (QED) is 0.783. The van der Waals surface area contributed by atoms with Crippen LogP contribution in [0.1, 0.15) is 17.3 Å². The van der Waals surface area contributed by atoms with Gasteiger partial charge in [-0.3, -0.25) is 15.4 Å². The molecule has 2 rings (SSSR count). The third-order valence-electron chi connectivity index (χ3n) is 2.36. The summed E-state index contributed by atoms with van der Waals surface area (Å²) in [6.07, 6.45) is 0. The highest BCUT2D eigenvalue weighted by Crippen LogP contribution is 2.20. The molecule has 0 aliphatic carbocycles. The van der Waals surface area contributed by atoms with E-state index in [0.717, 1.165) is 4.47 Å². The molecule has 0 bridgehead atoms. The molecule has 0 fully saturated rings. The van der Waals surface area contributed by atoms with Crippen molar-refractivity contribution in [3.8, 4) is 0 Å². The monoisotopic (exact) mass is 388 g/mol. The van der Waals surface area contributed by atoms with Crippen LogP contribution in [0.25, 0.3) is 0 Å². The van der Waals surface area contributed by atoms with E-state index in [1.54, 1.807) is 18.2 Å². The Hall–Kier alpha value is -1.58. The van der Waals surface area contributed by atoms with E-state index >= 15 is 0 Å². The molecule has 1 amide bonds. The second kappa shape index (κ2) is 6.92. The molecule has 10 heteroatoms. The number of anilines is 1. The SMILES string of the molecule is CCn1nnc(NC(=S)NC(=O)c2cc(Br)ccc2Cl)n1. The maximum Gasteiger partial charge on any atom is 0.269 e. The summed E-state index contributed by atoms with van der Waals surface area (Å²) in [7, 11) is 0. The number of benzene rings is 1. The molecule has 2 aromatic rings. The van der Waals surface area contributed by atoms with Gasteiger partial charge in [-0.15, -0.1) is 5.10 Å². The highest BCUT2D eigenvalue weighted by atomic mass is 79.9. The Balaban J connectivity index is 2.02. The lowest BCUT2D eigenvalue weighted by molar-refractivity contribution is 0.0978. The largest absolute Gasteiger partial charge is 0.299 e. The van der Waals surface area contributed by atoms with Crippen molar-refractivity contribution in [3.63, 3.8) is 0 Å². The first-order valence-electron chi connectivity index (χ1n) is 5.84. The van der Waals surface area contributed by atoms with Crippen LogP contribution in [0.3, 0.4) is 0 Å². The van der Waals surface area contributed by atoms with Gasteiger partial charge in [0.1, 0.15) is 0 Å². The average Bonchev–Trinajstić information content (AvgIpc) is 2.88. The molecule has 0 spiro atoms. The van der Waals surface area contributed by atoms with E-state index in [1.165, 1.54) is 4.80 Å². The summed E-state index contributed by atoms with van der Waals surface area (Å²) >= 11 is 14.3. The number of thiocarbonyl (C=S) groups is 1. The van der Waals surface area contributed by atoms with E-state index in [9.17, 15) is 4.79 Å². The van der Waals surface area contributed by atoms with Crippen molar-refractivity contribution in [1.82, 2.24) is 25.5 Å². The van der Waals surface area contributed by atoms with Crippen molar-refractivity contribution in [1.29, 1.82) is 0 Å². The number of carbonyl (C=O) groups is 1. The number of aromatic nitrogens is 4. The van der Waals surface area contributed by atoms with Crippen molar-refractivity contribution in [2.75, 3.05) is 5.32 Å². The maximum absolute atomic E-state index is 12.1. The van der Waals surface area contributed by atoms with Gasteiger partial charge in [0.25, 0.3) is 11.9 Å². The van der Waals surface area contributed by atoms with Crippen molar-refractivity contribution in [3.05, 3.63) is 33.3 Å². The Labute approximate surface area is 139 Å². The molecule has 1 aromatic heterocycles. The molecule has 0 saturated carbocycles. The predicted octanol–water partition coefficient (Wildman–Crippen LogP) is 2.24. The van der Waals surface area contributed by atoms with Crippen LogP contribution in [0.5, 0.6) is 0 Å². The third-order valence-corrected chi connectivity index (χ3v) is 3.39. The molecule has 2 N–H and O–H groups in total. The summed E-state index contributed by atoms with van der Waals surface area (Å²) in [5, 5.41) is 17.1. The number of hydrogen-bond donors (Lipinski definition) is 2. The standard InChI is InChI=1S/C11H10BrClN6OS/c1-2-19-17-10(16-18-19)15-11(21)14-9(20)7-5-6(12)3-4-8(7)13/h3-5H,2H2,1H3,(H2,14,15,17,20,21). The Kier molecular flexibility index (Phi) is 5.21. The predicted molar refractivity (Wildman–Crippen MR) is 86.3 cm³/mol. The Morgan fingerprint density at radius 1 is 1.52 bits per heavy atom. The Morgan fingerprint density at radius 2 is 2.29 bits per heavy atom. The third kappa shape index (κ3) is 4.19. The summed E-state index contributed by atoms with van der Waals surface area (Å²) in [6, 6.07) is 4.96. The lowest BCUT2D eigenvalue weighted by atomic mass is 10.2. The number of rotatable bonds is 3. The van der Waals surface area contributed by atoms with Gasteiger partial charge in [-0.2, -0.15) is 4.80 Å². The van der Waals surface area contributed by atoms with E-state index < -0.39 is 5.91 Å². The first-order valence-corrected chi connectivity index (χ1v) is 7.42. The fourth-order valence-electron chi connectivity index (χ4n) is 1.40. The second-order valence-corrected chi connectivity index (χ2v) is 5.57. The molecule has 1 aromatic carbocycles. The van der Waals surface area contributed by atoms with Gasteiger partial charge in [0.15, 0.2) is 5.11 Å². The Morgan fingerprint density at radius 3 is 2.95 bits per heavy atom. The molecule has 0 unspecified atom stereocenters. The first kappa shape index (κ1) is 15.8. The van der Waals surface area contributed by atoms with Gasteiger partial charge in [0.2, 0.25) is 0 Å². The number of halogens is 2. The van der Waals surface area contributed by atoms with Gasteiger partial charge in [-0.05, 0) is 42.6 Å². The van der Waals surface area contributed by atoms with Crippen LogP contribution in [-0.2, 0) is 6.54 Å². The van der Waals surface area contributed by atoms with Crippen molar-refractivity contribution < 1.29 is 4.79 Å². The topological polar surface area (TPSA) is 84.7 Å². The van der Waals surface area contributed by atoms with Crippen molar-refractivity contribution >= 4 is 56.7 Å². The molecule has 1 heterocycles. The van der Waals surface area contributed by atoms with Crippen LogP contribution in [0.2, 0.25) is 5.02 Å². The number of aryl methyl sites for hydroxylation is 1. The molecular weight excluding hydrogens is 380 g/mol. The molecule has 0 aliphatic heterocycles. The number of amides is 1. The highest BCUT2D eigenvalue weighted by molar-refractivity contribution is 9.10. The van der Waals surface area contributed by atoms with Crippen LogP contribution in [0.15, 0.2) is 22.7 Å². The molecule has 0 atom stereocenters. The van der Waals surface area contributed by atoms with Gasteiger partial charge in [0.05, 0.1) is 17.1 Å². The summed E-state index contributed by atoms with van der Waals surface area (Å²) in [5.74, 6) is -0.218. The van der Waals surface area contributed by atoms with Crippen LogP contribution in [-0.4, -0.2) is 31.2 Å². The summed E-state index contributed by atoms with van der Waals surface area (Å²) in [6.45, 7) is 2.46. The molecule has 0 saturated heterocycles. The minimum atomic E-state index is -0.429. The van der Waals surface area contributed by atoms with E-state index in [4.69, 9.17) is 23.8 Å². The highest BCUT2D eigenvalue weighted by Gasteiger charge is 2.13. The van der Waals surface area contributed by atoms with Crippen molar-refractivity contribution in [2.24, 2.45) is 0 Å².